The first-order valence-corrected chi connectivity index (χ1v) is 6.67. The molecule has 0 spiro atoms. The van der Waals surface area contributed by atoms with Gasteiger partial charge in [0, 0.05) is 5.92 Å². The lowest BCUT2D eigenvalue weighted by Crippen LogP contribution is -2.48. The van der Waals surface area contributed by atoms with E-state index < -0.39 is 18.1 Å². The molecule has 2 aliphatic rings. The maximum atomic E-state index is 12.1. The summed E-state index contributed by atoms with van der Waals surface area (Å²) < 4.78 is 5.09. The predicted molar refractivity (Wildman–Crippen MR) is 71.6 cm³/mol. The number of carboxylic acids is 1. The highest BCUT2D eigenvalue weighted by Gasteiger charge is 2.49. The Morgan fingerprint density at radius 3 is 2.90 bits per heavy atom. The zero-order valence-corrected chi connectivity index (χ0v) is 11.1. The van der Waals surface area contributed by atoms with Crippen LogP contribution < -0.4 is 10.2 Å². The molecule has 0 saturated carbocycles. The third-order valence-electron chi connectivity index (χ3n) is 3.88. The number of anilines is 1. The lowest BCUT2D eigenvalue weighted by molar-refractivity contribution is -0.139. The number of aliphatic carboxylic acids is 1. The normalized spacial score (nSPS) is 27.1. The van der Waals surface area contributed by atoms with E-state index in [2.05, 4.69) is 5.32 Å². The first-order chi connectivity index (χ1) is 9.63. The van der Waals surface area contributed by atoms with Gasteiger partial charge in [0.15, 0.2) is 0 Å². The molecule has 3 unspecified atom stereocenters. The van der Waals surface area contributed by atoms with Gasteiger partial charge < -0.3 is 9.84 Å². The Balaban J connectivity index is 1.97. The monoisotopic (exact) mass is 276 g/mol. The molecule has 0 radical (unpaired) electrons. The number of carboxylic acid groups (broad SMARTS) is 1. The zero-order chi connectivity index (χ0) is 14.3. The van der Waals surface area contributed by atoms with Crippen LogP contribution in [0.4, 0.5) is 10.5 Å². The number of carbonyl (C=O) groups excluding carboxylic acids is 1. The molecule has 1 aromatic carbocycles. The Labute approximate surface area is 116 Å². The van der Waals surface area contributed by atoms with Gasteiger partial charge in [0.2, 0.25) is 0 Å². The summed E-state index contributed by atoms with van der Waals surface area (Å²) in [5, 5.41) is 12.2. The number of nitrogens with one attached hydrogen (secondary N) is 1. The maximum Gasteiger partial charge on any atom is 0.415 e. The van der Waals surface area contributed by atoms with Crippen LogP contribution in [0.3, 0.4) is 0 Å². The van der Waals surface area contributed by atoms with E-state index >= 15 is 0 Å². The number of benzene rings is 1. The summed E-state index contributed by atoms with van der Waals surface area (Å²) in [5.41, 5.74) is 1.80. The van der Waals surface area contributed by atoms with Crippen molar-refractivity contribution < 1.29 is 19.4 Å². The van der Waals surface area contributed by atoms with E-state index in [-0.39, 0.29) is 18.7 Å². The lowest BCUT2D eigenvalue weighted by Gasteiger charge is -2.24. The summed E-state index contributed by atoms with van der Waals surface area (Å²) in [7, 11) is 0. The van der Waals surface area contributed by atoms with Gasteiger partial charge >= 0.3 is 12.1 Å². The fourth-order valence-corrected chi connectivity index (χ4v) is 3.07. The third-order valence-corrected chi connectivity index (χ3v) is 3.88. The molecule has 3 rings (SSSR count). The van der Waals surface area contributed by atoms with Gasteiger partial charge in [-0.25, -0.2) is 4.79 Å². The SMILES string of the molecule is CCOC(=O)N1c2ccccc2C2CC(C(=O)O)NC21. The topological polar surface area (TPSA) is 78.9 Å². The van der Waals surface area contributed by atoms with Crippen molar-refractivity contribution in [2.24, 2.45) is 0 Å². The van der Waals surface area contributed by atoms with E-state index in [1.807, 2.05) is 24.3 Å². The van der Waals surface area contributed by atoms with Gasteiger partial charge in [0.25, 0.3) is 0 Å². The van der Waals surface area contributed by atoms with Crippen LogP contribution >= 0.6 is 0 Å². The second kappa shape index (κ2) is 4.79. The van der Waals surface area contributed by atoms with Crippen LogP contribution in [0.15, 0.2) is 24.3 Å². The van der Waals surface area contributed by atoms with Gasteiger partial charge in [0.05, 0.1) is 18.5 Å². The molecule has 1 saturated heterocycles. The first kappa shape index (κ1) is 12.9. The minimum absolute atomic E-state index is 0.00305. The van der Waals surface area contributed by atoms with E-state index in [1.165, 1.54) is 4.90 Å². The summed E-state index contributed by atoms with van der Waals surface area (Å²) in [6.45, 7) is 2.04. The molecule has 2 heterocycles. The van der Waals surface area contributed by atoms with Crippen LogP contribution in [0.25, 0.3) is 0 Å². The van der Waals surface area contributed by atoms with Gasteiger partial charge in [-0.2, -0.15) is 0 Å². The molecule has 2 aliphatic heterocycles. The summed E-state index contributed by atoms with van der Waals surface area (Å²) in [5.74, 6) is -0.891. The van der Waals surface area contributed by atoms with Crippen molar-refractivity contribution in [3.8, 4) is 0 Å². The van der Waals surface area contributed by atoms with Crippen LogP contribution in [-0.4, -0.2) is 36.0 Å². The summed E-state index contributed by atoms with van der Waals surface area (Å²) in [6, 6.07) is 6.94. The molecule has 6 nitrogen and oxygen atoms in total. The molecule has 2 N–H and O–H groups in total. The van der Waals surface area contributed by atoms with E-state index in [0.717, 1.165) is 11.3 Å². The molecular formula is C14H16N2O4. The van der Waals surface area contributed by atoms with Crippen molar-refractivity contribution in [3.05, 3.63) is 29.8 Å². The van der Waals surface area contributed by atoms with Crippen LogP contribution in [0.1, 0.15) is 24.8 Å². The van der Waals surface area contributed by atoms with Gasteiger partial charge in [0.1, 0.15) is 6.04 Å². The minimum Gasteiger partial charge on any atom is -0.480 e. The van der Waals surface area contributed by atoms with Crippen molar-refractivity contribution in [1.29, 1.82) is 0 Å². The molecule has 0 bridgehead atoms. The molecule has 1 aromatic rings. The Morgan fingerprint density at radius 2 is 2.20 bits per heavy atom. The first-order valence-electron chi connectivity index (χ1n) is 6.67. The molecular weight excluding hydrogens is 260 g/mol. The Bertz CT molecular complexity index is 560. The quantitative estimate of drug-likeness (QED) is 0.856. The number of hydrogen-bond acceptors (Lipinski definition) is 4. The zero-order valence-electron chi connectivity index (χ0n) is 11.1. The maximum absolute atomic E-state index is 12.1. The summed E-state index contributed by atoms with van der Waals surface area (Å²) >= 11 is 0. The average molecular weight is 276 g/mol. The van der Waals surface area contributed by atoms with Crippen LogP contribution in [0.5, 0.6) is 0 Å². The number of para-hydroxylation sites is 1. The largest absolute Gasteiger partial charge is 0.480 e. The molecule has 106 valence electrons. The highest BCUT2D eigenvalue weighted by atomic mass is 16.6. The van der Waals surface area contributed by atoms with Crippen molar-refractivity contribution in [1.82, 2.24) is 5.32 Å². The number of hydrogen-bond donors (Lipinski definition) is 2. The molecule has 1 fully saturated rings. The number of amides is 1. The van der Waals surface area contributed by atoms with E-state index in [9.17, 15) is 9.59 Å². The van der Waals surface area contributed by atoms with Gasteiger partial charge in [-0.15, -0.1) is 0 Å². The van der Waals surface area contributed by atoms with Gasteiger partial charge in [-0.1, -0.05) is 18.2 Å². The van der Waals surface area contributed by atoms with E-state index in [4.69, 9.17) is 9.84 Å². The van der Waals surface area contributed by atoms with Gasteiger partial charge in [-0.05, 0) is 25.0 Å². The smallest absolute Gasteiger partial charge is 0.415 e. The number of ether oxygens (including phenoxy) is 1. The number of rotatable bonds is 2. The predicted octanol–water partition coefficient (Wildman–Crippen LogP) is 1.52. The molecule has 1 amide bonds. The van der Waals surface area contributed by atoms with Gasteiger partial charge in [-0.3, -0.25) is 15.0 Å². The third kappa shape index (κ3) is 1.84. The van der Waals surface area contributed by atoms with E-state index in [1.54, 1.807) is 6.92 Å². The summed E-state index contributed by atoms with van der Waals surface area (Å²) in [4.78, 5) is 24.8. The Morgan fingerprint density at radius 1 is 1.45 bits per heavy atom. The van der Waals surface area contributed by atoms with Crippen molar-refractivity contribution in [2.75, 3.05) is 11.5 Å². The Kier molecular flexibility index (Phi) is 3.10. The Hall–Kier alpha value is -2.08. The second-order valence-corrected chi connectivity index (χ2v) is 4.97. The van der Waals surface area contributed by atoms with Crippen LogP contribution in [0, 0.1) is 0 Å². The van der Waals surface area contributed by atoms with Crippen LogP contribution in [0.2, 0.25) is 0 Å². The lowest BCUT2D eigenvalue weighted by atomic mass is 9.96. The number of fused-ring (bicyclic) bond motifs is 3. The van der Waals surface area contributed by atoms with Crippen molar-refractivity contribution in [2.45, 2.75) is 31.5 Å². The fraction of sp³-hybridized carbons (Fsp3) is 0.429. The summed E-state index contributed by atoms with van der Waals surface area (Å²) in [6.07, 6.45) is -0.300. The van der Waals surface area contributed by atoms with E-state index in [0.29, 0.717) is 6.42 Å². The second-order valence-electron chi connectivity index (χ2n) is 4.97. The van der Waals surface area contributed by atoms with Crippen molar-refractivity contribution in [3.63, 3.8) is 0 Å². The highest BCUT2D eigenvalue weighted by molar-refractivity contribution is 5.92. The standard InChI is InChI=1S/C14H16N2O4/c1-2-20-14(19)16-11-6-4-3-5-8(11)9-7-10(13(17)18)15-12(9)16/h3-6,9-10,12,15H,2,7H2,1H3,(H,17,18). The molecule has 3 atom stereocenters. The molecule has 6 heteroatoms. The molecule has 0 aliphatic carbocycles. The van der Waals surface area contributed by atoms with Crippen molar-refractivity contribution >= 4 is 17.7 Å². The molecule has 0 aromatic heterocycles. The average Bonchev–Trinajstić information content (AvgIpc) is 2.95. The number of nitrogens with zero attached hydrogens (tertiary/aromatic N) is 1. The highest BCUT2D eigenvalue weighted by Crippen LogP contribution is 2.45. The van der Waals surface area contributed by atoms with Crippen LogP contribution in [-0.2, 0) is 9.53 Å². The fourth-order valence-electron chi connectivity index (χ4n) is 3.07. The minimum atomic E-state index is -0.888. The number of carbonyl (C=O) groups is 2. The molecule has 20 heavy (non-hydrogen) atoms.